The first-order chi connectivity index (χ1) is 14.5. The molecule has 2 aromatic rings. The van der Waals surface area contributed by atoms with Crippen molar-refractivity contribution in [1.29, 1.82) is 0 Å². The molecule has 2 atom stereocenters. The predicted octanol–water partition coefficient (Wildman–Crippen LogP) is 5.25. The number of rotatable bonds is 5. The smallest absolute Gasteiger partial charge is 0.253 e. The molecule has 0 N–H and O–H groups in total. The van der Waals surface area contributed by atoms with Gasteiger partial charge in [0.05, 0.1) is 0 Å². The molecular weight excluding hydrogens is 375 g/mol. The normalized spacial score (nSPS) is 22.6. The van der Waals surface area contributed by atoms with Gasteiger partial charge >= 0.3 is 0 Å². The van der Waals surface area contributed by atoms with E-state index in [9.17, 15) is 9.18 Å². The molecule has 2 aromatic carbocycles. The van der Waals surface area contributed by atoms with Gasteiger partial charge in [0.25, 0.3) is 5.91 Å². The number of benzene rings is 2. The van der Waals surface area contributed by atoms with Crippen molar-refractivity contribution in [1.82, 2.24) is 9.80 Å². The highest BCUT2D eigenvalue weighted by atomic mass is 19.1. The van der Waals surface area contributed by atoms with E-state index >= 15 is 0 Å². The van der Waals surface area contributed by atoms with Gasteiger partial charge in [-0.3, -0.25) is 4.79 Å². The number of carbonyl (C=O) groups excluding carboxylic acids is 1. The van der Waals surface area contributed by atoms with E-state index in [0.29, 0.717) is 23.4 Å². The van der Waals surface area contributed by atoms with Crippen LogP contribution in [-0.4, -0.2) is 48.4 Å². The Morgan fingerprint density at radius 3 is 2.33 bits per heavy atom. The third-order valence-electron chi connectivity index (χ3n) is 7.05. The first-order valence-corrected chi connectivity index (χ1v) is 11.3. The first-order valence-electron chi connectivity index (χ1n) is 11.3. The molecule has 2 fully saturated rings. The molecule has 4 heteroatoms. The molecule has 1 amide bonds. The van der Waals surface area contributed by atoms with Crippen LogP contribution in [0.15, 0.2) is 48.5 Å². The van der Waals surface area contributed by atoms with Gasteiger partial charge < -0.3 is 9.80 Å². The van der Waals surface area contributed by atoms with E-state index in [1.807, 2.05) is 4.90 Å². The summed E-state index contributed by atoms with van der Waals surface area (Å²) in [5, 5.41) is 0. The van der Waals surface area contributed by atoms with Crippen LogP contribution in [0, 0.1) is 18.7 Å². The van der Waals surface area contributed by atoms with Crippen molar-refractivity contribution < 1.29 is 9.18 Å². The lowest BCUT2D eigenvalue weighted by molar-refractivity contribution is 0.0780. The maximum atomic E-state index is 13.3. The molecule has 1 saturated heterocycles. The number of carbonyl (C=O) groups is 1. The number of halogens is 1. The van der Waals surface area contributed by atoms with Crippen LogP contribution < -0.4 is 0 Å². The lowest BCUT2D eigenvalue weighted by Gasteiger charge is -2.34. The molecule has 0 radical (unpaired) electrons. The Bertz CT molecular complexity index is 842. The number of amides is 1. The summed E-state index contributed by atoms with van der Waals surface area (Å²) in [6.07, 6.45) is 6.60. The lowest BCUT2D eigenvalue weighted by Crippen LogP contribution is -2.38. The Labute approximate surface area is 179 Å². The Morgan fingerprint density at radius 1 is 1.00 bits per heavy atom. The fraction of sp³-hybridized carbons (Fsp3) is 0.500. The predicted molar refractivity (Wildman–Crippen MR) is 119 cm³/mol. The Hall–Kier alpha value is -2.20. The van der Waals surface area contributed by atoms with Crippen molar-refractivity contribution in [3.63, 3.8) is 0 Å². The standard InChI is InChI=1S/C26H33FN2O/c1-19-8-10-20(11-9-19)25-18-29(26(30)21-12-14-23(27)15-13-21)17-22(25)16-28(2)24-6-4-3-5-7-24/h8-15,22,24-25H,3-7,16-18H2,1-2H3/t22-,25+/m1/s1. The van der Waals surface area contributed by atoms with Gasteiger partial charge in [0.2, 0.25) is 0 Å². The summed E-state index contributed by atoms with van der Waals surface area (Å²) in [6, 6.07) is 15.4. The Morgan fingerprint density at radius 2 is 1.67 bits per heavy atom. The molecule has 30 heavy (non-hydrogen) atoms. The van der Waals surface area contributed by atoms with Crippen molar-refractivity contribution in [2.45, 2.75) is 51.0 Å². The molecule has 2 aliphatic rings. The second-order valence-corrected chi connectivity index (χ2v) is 9.23. The van der Waals surface area contributed by atoms with Gasteiger partial charge in [-0.15, -0.1) is 0 Å². The van der Waals surface area contributed by atoms with Crippen LogP contribution in [0.2, 0.25) is 0 Å². The molecule has 0 bridgehead atoms. The van der Waals surface area contributed by atoms with Crippen LogP contribution in [0.5, 0.6) is 0 Å². The molecule has 3 nitrogen and oxygen atoms in total. The minimum atomic E-state index is -0.308. The zero-order chi connectivity index (χ0) is 21.1. The average molecular weight is 409 g/mol. The maximum absolute atomic E-state index is 13.3. The summed E-state index contributed by atoms with van der Waals surface area (Å²) in [5.41, 5.74) is 3.14. The fourth-order valence-electron chi connectivity index (χ4n) is 5.23. The van der Waals surface area contributed by atoms with Crippen LogP contribution in [-0.2, 0) is 0 Å². The summed E-state index contributed by atoms with van der Waals surface area (Å²) in [7, 11) is 2.26. The van der Waals surface area contributed by atoms with Crippen molar-refractivity contribution in [3.05, 3.63) is 71.0 Å². The summed E-state index contributed by atoms with van der Waals surface area (Å²) in [4.78, 5) is 17.6. The van der Waals surface area contributed by atoms with Gasteiger partial charge in [-0.1, -0.05) is 49.1 Å². The Kier molecular flexibility index (Phi) is 6.52. The SMILES string of the molecule is Cc1ccc([C@@H]2CN(C(=O)c3ccc(F)cc3)C[C@H]2CN(C)C2CCCCC2)cc1. The monoisotopic (exact) mass is 408 g/mol. The first kappa shape index (κ1) is 21.0. The summed E-state index contributed by atoms with van der Waals surface area (Å²) >= 11 is 0. The number of aryl methyl sites for hydroxylation is 1. The van der Waals surface area contributed by atoms with Gasteiger partial charge in [0, 0.05) is 37.2 Å². The van der Waals surface area contributed by atoms with Crippen molar-refractivity contribution >= 4 is 5.91 Å². The number of hydrogen-bond acceptors (Lipinski definition) is 2. The highest BCUT2D eigenvalue weighted by Crippen LogP contribution is 2.35. The van der Waals surface area contributed by atoms with Crippen LogP contribution in [0.25, 0.3) is 0 Å². The Balaban J connectivity index is 1.52. The number of nitrogens with zero attached hydrogens (tertiary/aromatic N) is 2. The van der Waals surface area contributed by atoms with E-state index in [4.69, 9.17) is 0 Å². The average Bonchev–Trinajstić information content (AvgIpc) is 3.18. The van der Waals surface area contributed by atoms with E-state index in [-0.39, 0.29) is 11.7 Å². The number of hydrogen-bond donors (Lipinski definition) is 0. The quantitative estimate of drug-likeness (QED) is 0.674. The minimum Gasteiger partial charge on any atom is -0.338 e. The fourth-order valence-corrected chi connectivity index (χ4v) is 5.23. The molecule has 160 valence electrons. The van der Waals surface area contributed by atoms with Gasteiger partial charge in [-0.2, -0.15) is 0 Å². The third kappa shape index (κ3) is 4.75. The van der Waals surface area contributed by atoms with E-state index in [0.717, 1.165) is 19.6 Å². The summed E-state index contributed by atoms with van der Waals surface area (Å²) in [6.45, 7) is 4.60. The molecule has 4 rings (SSSR count). The van der Waals surface area contributed by atoms with Crippen LogP contribution in [0.1, 0.15) is 59.5 Å². The third-order valence-corrected chi connectivity index (χ3v) is 7.05. The molecule has 1 aliphatic heterocycles. The highest BCUT2D eigenvalue weighted by Gasteiger charge is 2.37. The van der Waals surface area contributed by atoms with Crippen molar-refractivity contribution in [2.75, 3.05) is 26.7 Å². The topological polar surface area (TPSA) is 23.6 Å². The zero-order valence-corrected chi connectivity index (χ0v) is 18.2. The second kappa shape index (κ2) is 9.30. The van der Waals surface area contributed by atoms with Crippen molar-refractivity contribution in [2.24, 2.45) is 5.92 Å². The maximum Gasteiger partial charge on any atom is 0.253 e. The minimum absolute atomic E-state index is 0.00920. The second-order valence-electron chi connectivity index (χ2n) is 9.23. The molecule has 1 heterocycles. The van der Waals surface area contributed by atoms with Crippen molar-refractivity contribution in [3.8, 4) is 0 Å². The van der Waals surface area contributed by atoms with Gasteiger partial charge in [0.1, 0.15) is 5.82 Å². The zero-order valence-electron chi connectivity index (χ0n) is 18.2. The van der Waals surface area contributed by atoms with E-state index in [2.05, 4.69) is 43.1 Å². The summed E-state index contributed by atoms with van der Waals surface area (Å²) < 4.78 is 13.3. The summed E-state index contributed by atoms with van der Waals surface area (Å²) in [5.74, 6) is 0.442. The van der Waals surface area contributed by atoms with E-state index in [1.165, 1.54) is 55.4 Å². The van der Waals surface area contributed by atoms with Gasteiger partial charge in [-0.25, -0.2) is 4.39 Å². The highest BCUT2D eigenvalue weighted by molar-refractivity contribution is 5.94. The van der Waals surface area contributed by atoms with E-state index in [1.54, 1.807) is 12.1 Å². The van der Waals surface area contributed by atoms with Crippen LogP contribution >= 0.6 is 0 Å². The molecule has 1 saturated carbocycles. The molecule has 0 aromatic heterocycles. The molecule has 1 aliphatic carbocycles. The van der Waals surface area contributed by atoms with Gasteiger partial charge in [0.15, 0.2) is 0 Å². The molecule has 0 unspecified atom stereocenters. The molecular formula is C26H33FN2O. The lowest BCUT2D eigenvalue weighted by atomic mass is 9.87. The number of likely N-dealkylation sites (tertiary alicyclic amines) is 1. The largest absolute Gasteiger partial charge is 0.338 e. The van der Waals surface area contributed by atoms with Gasteiger partial charge in [-0.05, 0) is 62.6 Å². The van der Waals surface area contributed by atoms with Crippen LogP contribution in [0.3, 0.4) is 0 Å². The molecule has 0 spiro atoms. The van der Waals surface area contributed by atoms with Crippen LogP contribution in [0.4, 0.5) is 4.39 Å². The van der Waals surface area contributed by atoms with E-state index < -0.39 is 0 Å².